The van der Waals surface area contributed by atoms with Gasteiger partial charge in [0.1, 0.15) is 5.75 Å². The van der Waals surface area contributed by atoms with Gasteiger partial charge in [-0.1, -0.05) is 24.1 Å². The Bertz CT molecular complexity index is 232. The molecule has 0 saturated carbocycles. The Morgan fingerprint density at radius 2 is 1.86 bits per heavy atom. The highest BCUT2D eigenvalue weighted by Gasteiger charge is 1.93. The third kappa shape index (κ3) is 5.10. The Hall–Kier alpha value is -0.730. The minimum atomic E-state index is 0.206. The normalized spacial score (nSPS) is 15.5. The van der Waals surface area contributed by atoms with Gasteiger partial charge in [-0.05, 0) is 44.1 Å². The zero-order chi connectivity index (χ0) is 10.2. The monoisotopic (exact) mass is 213 g/mol. The summed E-state index contributed by atoms with van der Waals surface area (Å²) < 4.78 is 0. The molecule has 0 amide bonds. The number of hydrogen-bond donors (Lipinski definition) is 2. The molecule has 2 rings (SSSR count). The van der Waals surface area contributed by atoms with Crippen LogP contribution in [0.1, 0.15) is 19.3 Å². The lowest BCUT2D eigenvalue weighted by atomic mass is 10.2. The maximum atomic E-state index is 8.73. The molecule has 0 atom stereocenters. The smallest absolute Gasteiger partial charge is 0.117 e. The molecular weight excluding hydrogens is 198 g/mol. The third-order valence-electron chi connectivity index (χ3n) is 2.02. The molecule has 78 valence electrons. The van der Waals surface area contributed by atoms with Crippen molar-refractivity contribution in [1.82, 2.24) is 5.32 Å². The van der Waals surface area contributed by atoms with Gasteiger partial charge in [-0.25, -0.2) is 0 Å². The lowest BCUT2D eigenvalue weighted by Gasteiger charge is -2.08. The number of benzene rings is 1. The molecule has 0 bridgehead atoms. The van der Waals surface area contributed by atoms with Gasteiger partial charge in [0.25, 0.3) is 0 Å². The van der Waals surface area contributed by atoms with Gasteiger partial charge in [0, 0.05) is 5.02 Å². The van der Waals surface area contributed by atoms with Gasteiger partial charge in [0.05, 0.1) is 0 Å². The second-order valence-corrected chi connectivity index (χ2v) is 3.73. The standard InChI is InChI=1S/C6H5ClO.C5H11N/c7-5-2-1-3-6(8)4-5;1-2-4-6-5-3-1/h1-4,8H;6H,1-5H2. The molecule has 0 aromatic heterocycles. The molecule has 1 aliphatic heterocycles. The molecule has 1 aromatic rings. The number of piperidine rings is 1. The first-order chi connectivity index (χ1) is 6.79. The van der Waals surface area contributed by atoms with Gasteiger partial charge in [-0.3, -0.25) is 0 Å². The van der Waals surface area contributed by atoms with E-state index in [0.717, 1.165) is 0 Å². The average molecular weight is 214 g/mol. The molecule has 14 heavy (non-hydrogen) atoms. The Kier molecular flexibility index (Phi) is 5.42. The summed E-state index contributed by atoms with van der Waals surface area (Å²) in [5.41, 5.74) is 0. The Balaban J connectivity index is 0.000000146. The van der Waals surface area contributed by atoms with Crippen LogP contribution in [0.15, 0.2) is 24.3 Å². The maximum Gasteiger partial charge on any atom is 0.117 e. The molecule has 1 fully saturated rings. The fourth-order valence-corrected chi connectivity index (χ4v) is 1.46. The van der Waals surface area contributed by atoms with Crippen molar-refractivity contribution in [2.45, 2.75) is 19.3 Å². The Morgan fingerprint density at radius 3 is 2.14 bits per heavy atom. The van der Waals surface area contributed by atoms with Crippen molar-refractivity contribution < 1.29 is 5.11 Å². The number of rotatable bonds is 0. The number of phenolic OH excluding ortho intramolecular Hbond substituents is 1. The van der Waals surface area contributed by atoms with E-state index >= 15 is 0 Å². The maximum absolute atomic E-state index is 8.73. The second kappa shape index (κ2) is 6.68. The van der Waals surface area contributed by atoms with Gasteiger partial charge in [0.2, 0.25) is 0 Å². The van der Waals surface area contributed by atoms with Crippen molar-refractivity contribution in [3.05, 3.63) is 29.3 Å². The van der Waals surface area contributed by atoms with E-state index in [2.05, 4.69) is 5.32 Å². The van der Waals surface area contributed by atoms with Crippen molar-refractivity contribution in [2.75, 3.05) is 13.1 Å². The zero-order valence-corrected chi connectivity index (χ0v) is 8.93. The van der Waals surface area contributed by atoms with Gasteiger partial charge >= 0.3 is 0 Å². The van der Waals surface area contributed by atoms with Crippen molar-refractivity contribution >= 4 is 11.6 Å². The summed E-state index contributed by atoms with van der Waals surface area (Å²) in [6.07, 6.45) is 4.22. The summed E-state index contributed by atoms with van der Waals surface area (Å²) in [6, 6.07) is 6.46. The van der Waals surface area contributed by atoms with Crippen LogP contribution in [-0.2, 0) is 0 Å². The van der Waals surface area contributed by atoms with Crippen molar-refractivity contribution in [1.29, 1.82) is 0 Å². The summed E-state index contributed by atoms with van der Waals surface area (Å²) in [5, 5.41) is 12.6. The molecule has 0 radical (unpaired) electrons. The lowest BCUT2D eigenvalue weighted by molar-refractivity contribution is 0.475. The van der Waals surface area contributed by atoms with Crippen molar-refractivity contribution in [3.8, 4) is 5.75 Å². The molecule has 2 nitrogen and oxygen atoms in total. The number of aromatic hydroxyl groups is 1. The largest absolute Gasteiger partial charge is 0.508 e. The quantitative estimate of drug-likeness (QED) is 0.695. The molecule has 1 saturated heterocycles. The summed E-state index contributed by atoms with van der Waals surface area (Å²) in [5.74, 6) is 0.206. The summed E-state index contributed by atoms with van der Waals surface area (Å²) in [4.78, 5) is 0. The fourth-order valence-electron chi connectivity index (χ4n) is 1.28. The molecule has 0 unspecified atom stereocenters. The van der Waals surface area contributed by atoms with E-state index in [0.29, 0.717) is 5.02 Å². The third-order valence-corrected chi connectivity index (χ3v) is 2.25. The summed E-state index contributed by atoms with van der Waals surface area (Å²) in [6.45, 7) is 2.50. The highest BCUT2D eigenvalue weighted by Crippen LogP contribution is 2.14. The topological polar surface area (TPSA) is 32.3 Å². The summed E-state index contributed by atoms with van der Waals surface area (Å²) >= 11 is 5.48. The Labute approximate surface area is 89.9 Å². The molecule has 3 heteroatoms. The average Bonchev–Trinajstić information content (AvgIpc) is 2.21. The van der Waals surface area contributed by atoms with E-state index in [1.807, 2.05) is 0 Å². The predicted octanol–water partition coefficient (Wildman–Crippen LogP) is 2.81. The van der Waals surface area contributed by atoms with E-state index in [-0.39, 0.29) is 5.75 Å². The van der Waals surface area contributed by atoms with Crippen LogP contribution >= 0.6 is 11.6 Å². The second-order valence-electron chi connectivity index (χ2n) is 3.29. The SMILES string of the molecule is C1CCNCC1.Oc1cccc(Cl)c1. The first-order valence-electron chi connectivity index (χ1n) is 4.94. The lowest BCUT2D eigenvalue weighted by Crippen LogP contribution is -2.21. The van der Waals surface area contributed by atoms with Crippen LogP contribution in [0.25, 0.3) is 0 Å². The van der Waals surface area contributed by atoms with E-state index in [1.165, 1.54) is 38.4 Å². The molecule has 1 aromatic carbocycles. The number of hydrogen-bond acceptors (Lipinski definition) is 2. The summed E-state index contributed by atoms with van der Waals surface area (Å²) in [7, 11) is 0. The van der Waals surface area contributed by atoms with Crippen LogP contribution < -0.4 is 5.32 Å². The predicted molar refractivity (Wildman–Crippen MR) is 59.8 cm³/mol. The molecular formula is C11H16ClNO. The van der Waals surface area contributed by atoms with Gasteiger partial charge in [-0.2, -0.15) is 0 Å². The first kappa shape index (κ1) is 11.3. The fraction of sp³-hybridized carbons (Fsp3) is 0.455. The van der Waals surface area contributed by atoms with Crippen LogP contribution in [0.3, 0.4) is 0 Å². The van der Waals surface area contributed by atoms with E-state index in [4.69, 9.17) is 16.7 Å². The van der Waals surface area contributed by atoms with Crippen LogP contribution in [0.5, 0.6) is 5.75 Å². The zero-order valence-electron chi connectivity index (χ0n) is 8.17. The van der Waals surface area contributed by atoms with Gasteiger partial charge in [-0.15, -0.1) is 0 Å². The number of halogens is 1. The highest BCUT2D eigenvalue weighted by atomic mass is 35.5. The molecule has 2 N–H and O–H groups in total. The molecule has 1 heterocycles. The van der Waals surface area contributed by atoms with Crippen LogP contribution in [0.2, 0.25) is 5.02 Å². The van der Waals surface area contributed by atoms with Crippen LogP contribution in [-0.4, -0.2) is 18.2 Å². The number of nitrogens with one attached hydrogen (secondary N) is 1. The highest BCUT2D eigenvalue weighted by molar-refractivity contribution is 6.30. The number of phenols is 1. The van der Waals surface area contributed by atoms with Gasteiger partial charge in [0.15, 0.2) is 0 Å². The van der Waals surface area contributed by atoms with Crippen molar-refractivity contribution in [3.63, 3.8) is 0 Å². The molecule has 1 aliphatic rings. The van der Waals surface area contributed by atoms with E-state index in [9.17, 15) is 0 Å². The van der Waals surface area contributed by atoms with E-state index < -0.39 is 0 Å². The van der Waals surface area contributed by atoms with Gasteiger partial charge < -0.3 is 10.4 Å². The molecule has 0 aliphatic carbocycles. The minimum absolute atomic E-state index is 0.206. The Morgan fingerprint density at radius 1 is 1.14 bits per heavy atom. The van der Waals surface area contributed by atoms with Crippen LogP contribution in [0.4, 0.5) is 0 Å². The first-order valence-corrected chi connectivity index (χ1v) is 5.32. The van der Waals surface area contributed by atoms with Crippen LogP contribution in [0, 0.1) is 0 Å². The van der Waals surface area contributed by atoms with Crippen molar-refractivity contribution in [2.24, 2.45) is 0 Å². The minimum Gasteiger partial charge on any atom is -0.508 e. The molecule has 0 spiro atoms. The van der Waals surface area contributed by atoms with E-state index in [1.54, 1.807) is 18.2 Å².